The number of ether oxygens (including phenoxy) is 2. The zero-order valence-electron chi connectivity index (χ0n) is 17.4. The lowest BCUT2D eigenvalue weighted by Gasteiger charge is -2.20. The van der Waals surface area contributed by atoms with Crippen LogP contribution in [0.1, 0.15) is 28.9 Å². The summed E-state index contributed by atoms with van der Waals surface area (Å²) in [6.07, 6.45) is 1.73. The van der Waals surface area contributed by atoms with Crippen LogP contribution >= 0.6 is 11.6 Å². The number of hydrogen-bond acceptors (Lipinski definition) is 5. The molecule has 0 fully saturated rings. The van der Waals surface area contributed by atoms with Gasteiger partial charge < -0.3 is 9.47 Å². The Bertz CT molecular complexity index is 1170. The van der Waals surface area contributed by atoms with Gasteiger partial charge in [-0.25, -0.2) is 4.79 Å². The molecule has 0 aliphatic heterocycles. The molecule has 1 unspecified atom stereocenters. The molecule has 0 amide bonds. The standard InChI is InChI=1S/C24H22ClNO5/c1-15(27)18-10-9-17(25)12-19(18)20-13-23(28)26(14-22(20)30-2)21(24(29)31-3)11-16-7-5-4-6-8-16/h4-10,12-14,21H,11H2,1-3H3. The average molecular weight is 440 g/mol. The Morgan fingerprint density at radius 2 is 1.74 bits per heavy atom. The molecule has 3 rings (SSSR count). The summed E-state index contributed by atoms with van der Waals surface area (Å²) in [5.41, 5.74) is 1.75. The highest BCUT2D eigenvalue weighted by molar-refractivity contribution is 6.31. The van der Waals surface area contributed by atoms with Crippen LogP contribution < -0.4 is 10.3 Å². The van der Waals surface area contributed by atoms with Crippen molar-refractivity contribution < 1.29 is 19.1 Å². The predicted molar refractivity (Wildman–Crippen MR) is 119 cm³/mol. The number of carbonyl (C=O) groups is 2. The van der Waals surface area contributed by atoms with Crippen LogP contribution in [-0.2, 0) is 16.0 Å². The van der Waals surface area contributed by atoms with E-state index in [1.165, 1.54) is 38.0 Å². The molecular weight excluding hydrogens is 418 g/mol. The molecule has 1 heterocycles. The molecule has 1 aromatic heterocycles. The van der Waals surface area contributed by atoms with Crippen LogP contribution in [0, 0.1) is 0 Å². The van der Waals surface area contributed by atoms with E-state index in [9.17, 15) is 14.4 Å². The Morgan fingerprint density at radius 3 is 2.35 bits per heavy atom. The first-order valence-electron chi connectivity index (χ1n) is 9.58. The highest BCUT2D eigenvalue weighted by Crippen LogP contribution is 2.34. The first-order valence-corrected chi connectivity index (χ1v) is 9.96. The number of halogens is 1. The quantitative estimate of drug-likeness (QED) is 0.404. The van der Waals surface area contributed by atoms with Crippen molar-refractivity contribution in [3.8, 4) is 16.9 Å². The molecule has 0 aliphatic rings. The van der Waals surface area contributed by atoms with E-state index in [1.807, 2.05) is 30.3 Å². The second-order valence-corrected chi connectivity index (χ2v) is 7.41. The third-order valence-electron chi connectivity index (χ3n) is 5.00. The van der Waals surface area contributed by atoms with E-state index in [2.05, 4.69) is 0 Å². The van der Waals surface area contributed by atoms with E-state index >= 15 is 0 Å². The van der Waals surface area contributed by atoms with E-state index in [1.54, 1.807) is 18.2 Å². The van der Waals surface area contributed by atoms with Crippen LogP contribution in [0.3, 0.4) is 0 Å². The van der Waals surface area contributed by atoms with Gasteiger partial charge in [0, 0.05) is 28.6 Å². The van der Waals surface area contributed by atoms with Crippen LogP contribution in [0.25, 0.3) is 11.1 Å². The summed E-state index contributed by atoms with van der Waals surface area (Å²) in [6.45, 7) is 1.44. The lowest BCUT2D eigenvalue weighted by molar-refractivity contribution is -0.144. The van der Waals surface area contributed by atoms with Crippen molar-refractivity contribution in [2.24, 2.45) is 0 Å². The highest BCUT2D eigenvalue weighted by Gasteiger charge is 2.25. The van der Waals surface area contributed by atoms with Crippen LogP contribution in [0.5, 0.6) is 5.75 Å². The second kappa shape index (κ2) is 9.62. The summed E-state index contributed by atoms with van der Waals surface area (Å²) in [5.74, 6) is -0.395. The Labute approximate surface area is 185 Å². The molecule has 7 heteroatoms. The van der Waals surface area contributed by atoms with Crippen LogP contribution in [0.2, 0.25) is 5.02 Å². The van der Waals surface area contributed by atoms with Gasteiger partial charge in [-0.15, -0.1) is 0 Å². The molecule has 0 spiro atoms. The van der Waals surface area contributed by atoms with E-state index < -0.39 is 17.6 Å². The molecule has 0 aliphatic carbocycles. The largest absolute Gasteiger partial charge is 0.495 e. The zero-order valence-corrected chi connectivity index (χ0v) is 18.2. The highest BCUT2D eigenvalue weighted by atomic mass is 35.5. The summed E-state index contributed by atoms with van der Waals surface area (Å²) in [7, 11) is 2.73. The number of aromatic nitrogens is 1. The zero-order chi connectivity index (χ0) is 22.5. The summed E-state index contributed by atoms with van der Waals surface area (Å²) < 4.78 is 11.8. The van der Waals surface area contributed by atoms with Crippen LogP contribution in [0.15, 0.2) is 65.6 Å². The van der Waals surface area contributed by atoms with Crippen molar-refractivity contribution in [1.82, 2.24) is 4.57 Å². The molecule has 31 heavy (non-hydrogen) atoms. The number of ketones is 1. The van der Waals surface area contributed by atoms with E-state index in [-0.39, 0.29) is 12.2 Å². The number of pyridine rings is 1. The molecule has 0 saturated heterocycles. The van der Waals surface area contributed by atoms with Gasteiger partial charge in [0.25, 0.3) is 5.56 Å². The van der Waals surface area contributed by atoms with Crippen molar-refractivity contribution in [2.45, 2.75) is 19.4 Å². The van der Waals surface area contributed by atoms with Crippen molar-refractivity contribution in [3.05, 3.63) is 87.3 Å². The van der Waals surface area contributed by atoms with Gasteiger partial charge in [0.1, 0.15) is 11.8 Å². The molecule has 0 bridgehead atoms. The minimum atomic E-state index is -0.880. The third-order valence-corrected chi connectivity index (χ3v) is 5.23. The Hall–Kier alpha value is -3.38. The summed E-state index contributed by atoms with van der Waals surface area (Å²) in [5, 5.41) is 0.419. The fraction of sp³-hybridized carbons (Fsp3) is 0.208. The third kappa shape index (κ3) is 4.86. The second-order valence-electron chi connectivity index (χ2n) is 6.98. The smallest absolute Gasteiger partial charge is 0.329 e. The van der Waals surface area contributed by atoms with Gasteiger partial charge in [-0.05, 0) is 36.2 Å². The van der Waals surface area contributed by atoms with Crippen LogP contribution in [0.4, 0.5) is 0 Å². The van der Waals surface area contributed by atoms with Crippen molar-refractivity contribution in [3.63, 3.8) is 0 Å². The maximum Gasteiger partial charge on any atom is 0.329 e. The molecule has 0 radical (unpaired) electrons. The van der Waals surface area contributed by atoms with Crippen molar-refractivity contribution >= 4 is 23.4 Å². The minimum Gasteiger partial charge on any atom is -0.495 e. The first-order chi connectivity index (χ1) is 14.8. The number of rotatable bonds is 7. The first kappa shape index (κ1) is 22.3. The molecule has 2 aromatic carbocycles. The van der Waals surface area contributed by atoms with Gasteiger partial charge in [-0.2, -0.15) is 0 Å². The van der Waals surface area contributed by atoms with Crippen LogP contribution in [-0.4, -0.2) is 30.5 Å². The number of nitrogens with zero attached hydrogens (tertiary/aromatic N) is 1. The molecule has 6 nitrogen and oxygen atoms in total. The monoisotopic (exact) mass is 439 g/mol. The number of benzene rings is 2. The van der Waals surface area contributed by atoms with Crippen molar-refractivity contribution in [1.29, 1.82) is 0 Å². The van der Waals surface area contributed by atoms with Gasteiger partial charge in [0.05, 0.1) is 20.4 Å². The number of carbonyl (C=O) groups excluding carboxylic acids is 2. The topological polar surface area (TPSA) is 74.6 Å². The maximum absolute atomic E-state index is 13.1. The van der Waals surface area contributed by atoms with Gasteiger partial charge in [0.15, 0.2) is 5.78 Å². The molecule has 3 aromatic rings. The average Bonchev–Trinajstić information content (AvgIpc) is 2.77. The SMILES string of the molecule is COC(=O)C(Cc1ccccc1)n1cc(OC)c(-c2cc(Cl)ccc2C(C)=O)cc1=O. The predicted octanol–water partition coefficient (Wildman–Crippen LogP) is 4.34. The summed E-state index contributed by atoms with van der Waals surface area (Å²) in [4.78, 5) is 37.7. The Morgan fingerprint density at radius 1 is 1.03 bits per heavy atom. The number of esters is 1. The Balaban J connectivity index is 2.16. The minimum absolute atomic E-state index is 0.172. The van der Waals surface area contributed by atoms with E-state index in [0.717, 1.165) is 5.56 Å². The van der Waals surface area contributed by atoms with Gasteiger partial charge in [0.2, 0.25) is 0 Å². The maximum atomic E-state index is 13.1. The lowest BCUT2D eigenvalue weighted by Crippen LogP contribution is -2.31. The molecule has 0 N–H and O–H groups in total. The summed E-state index contributed by atoms with van der Waals surface area (Å²) >= 11 is 6.14. The van der Waals surface area contributed by atoms with E-state index in [0.29, 0.717) is 27.5 Å². The van der Waals surface area contributed by atoms with Gasteiger partial charge in [-0.1, -0.05) is 41.9 Å². The molecule has 0 saturated carbocycles. The molecular formula is C24H22ClNO5. The van der Waals surface area contributed by atoms with Gasteiger partial charge >= 0.3 is 5.97 Å². The fourth-order valence-electron chi connectivity index (χ4n) is 3.46. The summed E-state index contributed by atoms with van der Waals surface area (Å²) in [6, 6.07) is 14.6. The van der Waals surface area contributed by atoms with Gasteiger partial charge in [-0.3, -0.25) is 14.2 Å². The number of Topliss-reactive ketones (excluding diaryl/α,β-unsaturated/α-hetero) is 1. The number of methoxy groups -OCH3 is 2. The normalized spacial score (nSPS) is 11.6. The number of hydrogen-bond donors (Lipinski definition) is 0. The fourth-order valence-corrected chi connectivity index (χ4v) is 3.63. The molecule has 160 valence electrons. The lowest BCUT2D eigenvalue weighted by atomic mass is 9.97. The Kier molecular flexibility index (Phi) is 6.92. The molecule has 1 atom stereocenters. The van der Waals surface area contributed by atoms with E-state index in [4.69, 9.17) is 21.1 Å². The van der Waals surface area contributed by atoms with Crippen molar-refractivity contribution in [2.75, 3.05) is 14.2 Å².